The van der Waals surface area contributed by atoms with Gasteiger partial charge in [0.15, 0.2) is 0 Å². The van der Waals surface area contributed by atoms with Crippen molar-refractivity contribution in [2.75, 3.05) is 5.32 Å². The molecule has 0 radical (unpaired) electrons. The highest BCUT2D eigenvalue weighted by Crippen LogP contribution is 2.27. The molecule has 16 heavy (non-hydrogen) atoms. The van der Waals surface area contributed by atoms with Crippen LogP contribution in [-0.4, -0.2) is 20.5 Å². The van der Waals surface area contributed by atoms with Gasteiger partial charge < -0.3 is 5.32 Å². The molecule has 2 aromatic heterocycles. The molecule has 1 N–H and O–H groups in total. The number of thiazole rings is 1. The van der Waals surface area contributed by atoms with Crippen LogP contribution in [0, 0.1) is 0 Å². The number of anilines is 1. The van der Waals surface area contributed by atoms with Crippen LogP contribution >= 0.6 is 11.3 Å². The van der Waals surface area contributed by atoms with Crippen LogP contribution in [0.4, 0.5) is 5.69 Å². The summed E-state index contributed by atoms with van der Waals surface area (Å²) in [7, 11) is 0. The number of aromatic nitrogens is 3. The number of nitrogens with zero attached hydrogens (tertiary/aromatic N) is 3. The fraction of sp³-hybridized carbons (Fsp3) is 0.100. The maximum Gasteiger partial charge on any atom is 0.221 e. The second-order valence-electron chi connectivity index (χ2n) is 3.45. The second-order valence-corrected chi connectivity index (χ2v) is 4.46. The van der Waals surface area contributed by atoms with E-state index < -0.39 is 0 Å². The topological polar surface area (TPSA) is 59.3 Å². The minimum Gasteiger partial charge on any atom is -0.326 e. The molecule has 5 nitrogen and oxygen atoms in total. The van der Waals surface area contributed by atoms with Crippen molar-refractivity contribution in [3.8, 4) is 0 Å². The predicted octanol–water partition coefficient (Wildman–Crippen LogP) is 1.90. The lowest BCUT2D eigenvalue weighted by atomic mass is 10.3. The van der Waals surface area contributed by atoms with Crippen LogP contribution in [0.25, 0.3) is 15.2 Å². The first kappa shape index (κ1) is 9.29. The monoisotopic (exact) mass is 232 g/mol. The third-order valence-corrected chi connectivity index (χ3v) is 3.28. The van der Waals surface area contributed by atoms with Gasteiger partial charge in [0.05, 0.1) is 10.2 Å². The first-order chi connectivity index (χ1) is 7.74. The van der Waals surface area contributed by atoms with Crippen LogP contribution in [0.3, 0.4) is 0 Å². The van der Waals surface area contributed by atoms with Gasteiger partial charge in [0.1, 0.15) is 6.33 Å². The Hall–Kier alpha value is -1.95. The molecule has 6 heteroatoms. The van der Waals surface area contributed by atoms with Gasteiger partial charge in [-0.15, -0.1) is 10.2 Å². The van der Waals surface area contributed by atoms with Gasteiger partial charge in [0.2, 0.25) is 10.9 Å². The van der Waals surface area contributed by atoms with E-state index in [-0.39, 0.29) is 5.91 Å². The van der Waals surface area contributed by atoms with E-state index in [9.17, 15) is 4.79 Å². The molecular weight excluding hydrogens is 224 g/mol. The number of fused-ring (bicyclic) bond motifs is 3. The first-order valence-corrected chi connectivity index (χ1v) is 5.55. The standard InChI is InChI=1S/C10H8N4OS/c1-6(15)12-7-2-3-9-8(4-7)14-5-11-13-10(14)16-9/h2-5H,1H3,(H,12,15). The molecule has 0 unspecified atom stereocenters. The van der Waals surface area contributed by atoms with E-state index in [0.717, 1.165) is 20.9 Å². The zero-order valence-electron chi connectivity index (χ0n) is 8.47. The summed E-state index contributed by atoms with van der Waals surface area (Å²) in [5, 5.41) is 10.6. The lowest BCUT2D eigenvalue weighted by Crippen LogP contribution is -2.05. The fourth-order valence-electron chi connectivity index (χ4n) is 1.63. The van der Waals surface area contributed by atoms with E-state index in [1.807, 2.05) is 22.6 Å². The summed E-state index contributed by atoms with van der Waals surface area (Å²) in [4.78, 5) is 11.8. The van der Waals surface area contributed by atoms with Crippen molar-refractivity contribution < 1.29 is 4.79 Å². The average molecular weight is 232 g/mol. The zero-order valence-corrected chi connectivity index (χ0v) is 9.28. The second kappa shape index (κ2) is 3.28. The summed E-state index contributed by atoms with van der Waals surface area (Å²) in [6.45, 7) is 1.49. The van der Waals surface area contributed by atoms with E-state index in [0.29, 0.717) is 0 Å². The number of hydrogen-bond acceptors (Lipinski definition) is 4. The number of amides is 1. The highest BCUT2D eigenvalue weighted by atomic mass is 32.1. The van der Waals surface area contributed by atoms with Crippen molar-refractivity contribution in [3.05, 3.63) is 24.5 Å². The Bertz CT molecular complexity index is 684. The summed E-state index contributed by atoms with van der Waals surface area (Å²) in [5.74, 6) is -0.0745. The number of rotatable bonds is 1. The predicted molar refractivity (Wildman–Crippen MR) is 62.7 cm³/mol. The Morgan fingerprint density at radius 1 is 1.50 bits per heavy atom. The van der Waals surface area contributed by atoms with Crippen molar-refractivity contribution in [3.63, 3.8) is 0 Å². The van der Waals surface area contributed by atoms with Crippen LogP contribution in [-0.2, 0) is 4.79 Å². The van der Waals surface area contributed by atoms with Crippen molar-refractivity contribution in [2.45, 2.75) is 6.92 Å². The molecule has 0 aliphatic rings. The molecule has 0 bridgehead atoms. The Morgan fingerprint density at radius 2 is 2.38 bits per heavy atom. The van der Waals surface area contributed by atoms with Crippen LogP contribution in [0.5, 0.6) is 0 Å². The van der Waals surface area contributed by atoms with E-state index in [1.165, 1.54) is 6.92 Å². The largest absolute Gasteiger partial charge is 0.326 e. The third kappa shape index (κ3) is 1.35. The summed E-state index contributed by atoms with van der Waals surface area (Å²) in [5.41, 5.74) is 1.80. The number of benzene rings is 1. The van der Waals surface area contributed by atoms with Crippen LogP contribution < -0.4 is 5.32 Å². The van der Waals surface area contributed by atoms with Gasteiger partial charge in [0.25, 0.3) is 0 Å². The Kier molecular flexibility index (Phi) is 1.90. The lowest BCUT2D eigenvalue weighted by molar-refractivity contribution is -0.114. The molecule has 0 spiro atoms. The number of nitrogens with one attached hydrogen (secondary N) is 1. The van der Waals surface area contributed by atoms with E-state index in [2.05, 4.69) is 15.5 Å². The number of carbonyl (C=O) groups is 1. The SMILES string of the molecule is CC(=O)Nc1ccc2sc3nncn3c2c1. The summed E-state index contributed by atoms with van der Waals surface area (Å²) < 4.78 is 3.03. The van der Waals surface area contributed by atoms with Gasteiger partial charge in [0, 0.05) is 12.6 Å². The number of carbonyl (C=O) groups excluding carboxylic acids is 1. The summed E-state index contributed by atoms with van der Waals surface area (Å²) in [6.07, 6.45) is 1.67. The van der Waals surface area contributed by atoms with Gasteiger partial charge in [-0.25, -0.2) is 0 Å². The Labute approximate surface area is 94.7 Å². The van der Waals surface area contributed by atoms with E-state index in [4.69, 9.17) is 0 Å². The van der Waals surface area contributed by atoms with Crippen molar-refractivity contribution >= 4 is 38.1 Å². The quantitative estimate of drug-likeness (QED) is 0.697. The molecule has 1 aromatic carbocycles. The van der Waals surface area contributed by atoms with Crippen molar-refractivity contribution in [1.29, 1.82) is 0 Å². The molecule has 80 valence electrons. The molecule has 3 rings (SSSR count). The smallest absolute Gasteiger partial charge is 0.221 e. The molecule has 2 heterocycles. The van der Waals surface area contributed by atoms with Crippen molar-refractivity contribution in [2.24, 2.45) is 0 Å². The molecule has 0 atom stereocenters. The normalized spacial score (nSPS) is 11.1. The first-order valence-electron chi connectivity index (χ1n) is 4.74. The van der Waals surface area contributed by atoms with E-state index >= 15 is 0 Å². The maximum atomic E-state index is 11.0. The zero-order chi connectivity index (χ0) is 11.1. The highest BCUT2D eigenvalue weighted by molar-refractivity contribution is 7.23. The highest BCUT2D eigenvalue weighted by Gasteiger charge is 2.06. The van der Waals surface area contributed by atoms with Gasteiger partial charge in [-0.3, -0.25) is 9.20 Å². The molecule has 0 saturated heterocycles. The number of hydrogen-bond donors (Lipinski definition) is 1. The van der Waals surface area contributed by atoms with Gasteiger partial charge in [-0.1, -0.05) is 11.3 Å². The fourth-order valence-corrected chi connectivity index (χ4v) is 2.56. The summed E-state index contributed by atoms with van der Waals surface area (Å²) in [6, 6.07) is 5.77. The third-order valence-electron chi connectivity index (χ3n) is 2.26. The van der Waals surface area contributed by atoms with Crippen LogP contribution in [0.1, 0.15) is 6.92 Å². The van der Waals surface area contributed by atoms with Gasteiger partial charge in [-0.05, 0) is 18.2 Å². The Morgan fingerprint density at radius 3 is 3.19 bits per heavy atom. The minimum atomic E-state index is -0.0745. The maximum absolute atomic E-state index is 11.0. The van der Waals surface area contributed by atoms with Crippen LogP contribution in [0.2, 0.25) is 0 Å². The van der Waals surface area contributed by atoms with Crippen LogP contribution in [0.15, 0.2) is 24.5 Å². The van der Waals surface area contributed by atoms with Gasteiger partial charge in [-0.2, -0.15) is 0 Å². The average Bonchev–Trinajstić information content (AvgIpc) is 2.77. The molecule has 0 fully saturated rings. The Balaban J connectivity index is 2.24. The molecular formula is C10H8N4OS. The molecule has 0 aliphatic heterocycles. The summed E-state index contributed by atoms with van der Waals surface area (Å²) >= 11 is 1.57. The molecule has 3 aromatic rings. The molecule has 0 aliphatic carbocycles. The molecule has 0 saturated carbocycles. The van der Waals surface area contributed by atoms with E-state index in [1.54, 1.807) is 17.7 Å². The lowest BCUT2D eigenvalue weighted by Gasteiger charge is -2.01. The van der Waals surface area contributed by atoms with Gasteiger partial charge >= 0.3 is 0 Å². The van der Waals surface area contributed by atoms with Crippen molar-refractivity contribution in [1.82, 2.24) is 14.6 Å². The minimum absolute atomic E-state index is 0.0745. The molecule has 1 amide bonds.